The molecular weight excluding hydrogens is 366 g/mol. The molecule has 4 unspecified atom stereocenters. The molecule has 0 bridgehead atoms. The first-order valence-electron chi connectivity index (χ1n) is 9.26. The second kappa shape index (κ2) is 7.04. The van der Waals surface area contributed by atoms with Crippen LogP contribution in [0.4, 0.5) is 5.69 Å². The number of hydrogen-bond donors (Lipinski definition) is 2. The van der Waals surface area contributed by atoms with Gasteiger partial charge in [-0.25, -0.2) is 0 Å². The zero-order chi connectivity index (χ0) is 16.5. The summed E-state index contributed by atoms with van der Waals surface area (Å²) in [7, 11) is 0. The Morgan fingerprint density at radius 1 is 1.17 bits per heavy atom. The van der Waals surface area contributed by atoms with E-state index in [0.717, 1.165) is 36.3 Å². The van der Waals surface area contributed by atoms with Gasteiger partial charge in [-0.2, -0.15) is 0 Å². The highest BCUT2D eigenvalue weighted by atomic mass is 79.9. The van der Waals surface area contributed by atoms with E-state index in [1.165, 1.54) is 31.4 Å². The van der Waals surface area contributed by atoms with E-state index in [-0.39, 0.29) is 18.0 Å². The number of nitrogens with zero attached hydrogens (tertiary/aromatic N) is 1. The third-order valence-electron chi connectivity index (χ3n) is 5.91. The highest BCUT2D eigenvalue weighted by Crippen LogP contribution is 2.33. The fraction of sp³-hybridized carbons (Fsp3) is 0.632. The van der Waals surface area contributed by atoms with Crippen LogP contribution in [0, 0.1) is 5.92 Å². The normalized spacial score (nSPS) is 32.6. The van der Waals surface area contributed by atoms with Gasteiger partial charge in [-0.1, -0.05) is 28.8 Å². The van der Waals surface area contributed by atoms with Crippen molar-refractivity contribution >= 4 is 27.5 Å². The number of hydrogen-bond acceptors (Lipinski definition) is 3. The minimum absolute atomic E-state index is 0.0276. The third kappa shape index (κ3) is 3.47. The van der Waals surface area contributed by atoms with Crippen LogP contribution >= 0.6 is 15.9 Å². The predicted octanol–water partition coefficient (Wildman–Crippen LogP) is 3.06. The van der Waals surface area contributed by atoms with Crippen LogP contribution < -0.4 is 15.5 Å². The molecule has 0 spiro atoms. The van der Waals surface area contributed by atoms with E-state index in [1.54, 1.807) is 0 Å². The summed E-state index contributed by atoms with van der Waals surface area (Å²) in [6.45, 7) is 1.92. The van der Waals surface area contributed by atoms with Crippen molar-refractivity contribution in [2.24, 2.45) is 5.92 Å². The average molecular weight is 392 g/mol. The van der Waals surface area contributed by atoms with E-state index in [1.807, 2.05) is 0 Å². The van der Waals surface area contributed by atoms with Crippen molar-refractivity contribution in [1.29, 1.82) is 0 Å². The minimum atomic E-state index is 0.0276. The summed E-state index contributed by atoms with van der Waals surface area (Å²) in [4.78, 5) is 15.0. The average Bonchev–Trinajstić information content (AvgIpc) is 3.22. The number of halogens is 1. The van der Waals surface area contributed by atoms with Crippen molar-refractivity contribution in [2.75, 3.05) is 18.0 Å². The van der Waals surface area contributed by atoms with Gasteiger partial charge in [0.2, 0.25) is 5.91 Å². The van der Waals surface area contributed by atoms with Crippen LogP contribution in [-0.4, -0.2) is 37.1 Å². The lowest BCUT2D eigenvalue weighted by Crippen LogP contribution is -2.47. The van der Waals surface area contributed by atoms with E-state index in [9.17, 15) is 4.79 Å². The number of benzene rings is 1. The molecule has 1 aromatic rings. The Morgan fingerprint density at radius 2 is 1.96 bits per heavy atom. The maximum atomic E-state index is 12.6. The molecule has 2 N–H and O–H groups in total. The monoisotopic (exact) mass is 391 g/mol. The lowest BCUT2D eigenvalue weighted by atomic mass is 9.85. The number of amides is 1. The molecule has 2 saturated heterocycles. The topological polar surface area (TPSA) is 44.4 Å². The van der Waals surface area contributed by atoms with Gasteiger partial charge in [0, 0.05) is 35.3 Å². The Morgan fingerprint density at radius 3 is 2.75 bits per heavy atom. The Labute approximate surface area is 152 Å². The van der Waals surface area contributed by atoms with Crippen molar-refractivity contribution in [3.05, 3.63) is 28.7 Å². The second-order valence-corrected chi connectivity index (χ2v) is 8.44. The smallest absolute Gasteiger partial charge is 0.237 e. The van der Waals surface area contributed by atoms with Gasteiger partial charge in [-0.3, -0.25) is 4.79 Å². The standard InChI is InChI=1S/C19H26BrN3O/c20-14-5-7-16(8-6-14)23-10-9-15(12-23)21-19(24)18-11-13-3-1-2-4-17(13)22-18/h5-8,13,15,17-18,22H,1-4,9-12H2,(H,21,24). The first-order valence-corrected chi connectivity index (χ1v) is 10.1. The van der Waals surface area contributed by atoms with Gasteiger partial charge in [0.15, 0.2) is 0 Å². The zero-order valence-corrected chi connectivity index (χ0v) is 15.6. The van der Waals surface area contributed by atoms with Crippen LogP contribution in [0.5, 0.6) is 0 Å². The van der Waals surface area contributed by atoms with Crippen LogP contribution in [0.15, 0.2) is 28.7 Å². The third-order valence-corrected chi connectivity index (χ3v) is 6.43. The highest BCUT2D eigenvalue weighted by Gasteiger charge is 2.39. The van der Waals surface area contributed by atoms with Gasteiger partial charge < -0.3 is 15.5 Å². The lowest BCUT2D eigenvalue weighted by molar-refractivity contribution is -0.123. The van der Waals surface area contributed by atoms with Crippen LogP contribution in [-0.2, 0) is 4.79 Å². The molecule has 4 nitrogen and oxygen atoms in total. The molecule has 4 rings (SSSR count). The SMILES string of the molecule is O=C(NC1CCN(c2ccc(Br)cc2)C1)C1CC2CCCCC2N1. The predicted molar refractivity (Wildman–Crippen MR) is 100 cm³/mol. The molecule has 1 amide bonds. The van der Waals surface area contributed by atoms with E-state index < -0.39 is 0 Å². The molecule has 1 aliphatic carbocycles. The second-order valence-electron chi connectivity index (χ2n) is 7.52. The van der Waals surface area contributed by atoms with Crippen molar-refractivity contribution < 1.29 is 4.79 Å². The highest BCUT2D eigenvalue weighted by molar-refractivity contribution is 9.10. The summed E-state index contributed by atoms with van der Waals surface area (Å²) in [6, 6.07) is 9.30. The molecule has 24 heavy (non-hydrogen) atoms. The molecule has 0 aromatic heterocycles. The summed E-state index contributed by atoms with van der Waals surface area (Å²) >= 11 is 3.48. The minimum Gasteiger partial charge on any atom is -0.369 e. The molecule has 3 aliphatic rings. The Kier molecular flexibility index (Phi) is 4.81. The largest absolute Gasteiger partial charge is 0.369 e. The first-order chi connectivity index (χ1) is 11.7. The number of fused-ring (bicyclic) bond motifs is 1. The summed E-state index contributed by atoms with van der Waals surface area (Å²) in [6.07, 6.45) is 7.24. The molecule has 2 aliphatic heterocycles. The fourth-order valence-corrected chi connectivity index (χ4v) is 4.85. The molecule has 0 radical (unpaired) electrons. The van der Waals surface area contributed by atoms with Crippen LogP contribution in [0.1, 0.15) is 38.5 Å². The Bertz CT molecular complexity index is 577. The van der Waals surface area contributed by atoms with Crippen molar-refractivity contribution in [1.82, 2.24) is 10.6 Å². The van der Waals surface area contributed by atoms with Crippen LogP contribution in [0.3, 0.4) is 0 Å². The number of carbonyl (C=O) groups excluding carboxylic acids is 1. The fourth-order valence-electron chi connectivity index (χ4n) is 4.59. The molecule has 4 atom stereocenters. The van der Waals surface area contributed by atoms with E-state index in [0.29, 0.717) is 6.04 Å². The van der Waals surface area contributed by atoms with E-state index >= 15 is 0 Å². The van der Waals surface area contributed by atoms with Gasteiger partial charge in [0.1, 0.15) is 0 Å². The molecule has 3 fully saturated rings. The van der Waals surface area contributed by atoms with Crippen molar-refractivity contribution in [3.63, 3.8) is 0 Å². The van der Waals surface area contributed by atoms with Gasteiger partial charge in [-0.15, -0.1) is 0 Å². The summed E-state index contributed by atoms with van der Waals surface area (Å²) < 4.78 is 1.10. The van der Waals surface area contributed by atoms with Gasteiger partial charge in [-0.05, 0) is 55.9 Å². The number of nitrogens with one attached hydrogen (secondary N) is 2. The molecule has 130 valence electrons. The van der Waals surface area contributed by atoms with Crippen LogP contribution in [0.25, 0.3) is 0 Å². The molecule has 1 aromatic carbocycles. The zero-order valence-electron chi connectivity index (χ0n) is 14.0. The summed E-state index contributed by atoms with van der Waals surface area (Å²) in [5, 5.41) is 6.87. The van der Waals surface area contributed by atoms with Gasteiger partial charge in [0.05, 0.1) is 6.04 Å². The number of anilines is 1. The maximum absolute atomic E-state index is 12.6. The number of carbonyl (C=O) groups is 1. The van der Waals surface area contributed by atoms with Gasteiger partial charge >= 0.3 is 0 Å². The summed E-state index contributed by atoms with van der Waals surface area (Å²) in [5.41, 5.74) is 1.24. The van der Waals surface area contributed by atoms with Crippen molar-refractivity contribution in [3.8, 4) is 0 Å². The molecule has 5 heteroatoms. The van der Waals surface area contributed by atoms with Gasteiger partial charge in [0.25, 0.3) is 0 Å². The quantitative estimate of drug-likeness (QED) is 0.831. The number of rotatable bonds is 3. The molecule has 2 heterocycles. The van der Waals surface area contributed by atoms with E-state index in [2.05, 4.69) is 55.7 Å². The maximum Gasteiger partial charge on any atom is 0.237 e. The summed E-state index contributed by atoms with van der Waals surface area (Å²) in [5.74, 6) is 0.935. The van der Waals surface area contributed by atoms with Crippen molar-refractivity contribution in [2.45, 2.75) is 56.7 Å². The lowest BCUT2D eigenvalue weighted by Gasteiger charge is -2.24. The molecule has 1 saturated carbocycles. The van der Waals surface area contributed by atoms with Crippen LogP contribution in [0.2, 0.25) is 0 Å². The Hall–Kier alpha value is -1.07. The first kappa shape index (κ1) is 16.4. The van der Waals surface area contributed by atoms with E-state index in [4.69, 9.17) is 0 Å². The molecular formula is C19H26BrN3O. The Balaban J connectivity index is 1.30.